The van der Waals surface area contributed by atoms with Crippen molar-refractivity contribution in [1.29, 1.82) is 0 Å². The molecule has 0 amide bonds. The second-order valence-corrected chi connectivity index (χ2v) is 4.63. The highest BCUT2D eigenvalue weighted by Crippen LogP contribution is 2.08. The van der Waals surface area contributed by atoms with Crippen LogP contribution < -0.4 is 0 Å². The molecule has 1 N–H and O–H groups in total. The van der Waals surface area contributed by atoms with Gasteiger partial charge in [0.15, 0.2) is 0 Å². The average molecular weight is 238 g/mol. The highest BCUT2D eigenvalue weighted by Gasteiger charge is 1.98. The van der Waals surface area contributed by atoms with Gasteiger partial charge in [0.2, 0.25) is 0 Å². The first kappa shape index (κ1) is 15.2. The molecule has 0 rings (SSSR count). The summed E-state index contributed by atoms with van der Waals surface area (Å²) in [6, 6.07) is 0. The maximum Gasteiger partial charge on any atom is 0.0701 e. The summed E-state index contributed by atoms with van der Waals surface area (Å²) in [7, 11) is 1.65. The Morgan fingerprint density at radius 2 is 1.67 bits per heavy atom. The lowest BCUT2D eigenvalue weighted by Gasteiger charge is -2.08. The van der Waals surface area contributed by atoms with E-state index in [0.717, 1.165) is 5.75 Å². The van der Waals surface area contributed by atoms with Crippen LogP contribution in [0.3, 0.4) is 0 Å². The minimum Gasteiger partial charge on any atom is -0.395 e. The molecular formula is C10H22O4S. The van der Waals surface area contributed by atoms with Crippen molar-refractivity contribution >= 4 is 11.8 Å². The first-order valence-corrected chi connectivity index (χ1v) is 6.23. The molecule has 0 spiro atoms. The Bertz CT molecular complexity index is 124. The normalized spacial score (nSPS) is 13.0. The first-order valence-electron chi connectivity index (χ1n) is 5.18. The molecule has 1 atom stereocenters. The second-order valence-electron chi connectivity index (χ2n) is 3.08. The third-order valence-corrected chi connectivity index (χ3v) is 2.81. The van der Waals surface area contributed by atoms with Crippen molar-refractivity contribution in [3.05, 3.63) is 0 Å². The van der Waals surface area contributed by atoms with E-state index < -0.39 is 0 Å². The van der Waals surface area contributed by atoms with Crippen molar-refractivity contribution in [3.8, 4) is 0 Å². The summed E-state index contributed by atoms with van der Waals surface area (Å²) in [4.78, 5) is 0. The van der Waals surface area contributed by atoms with E-state index in [9.17, 15) is 0 Å². The fraction of sp³-hybridized carbons (Fsp3) is 1.00. The molecule has 0 radical (unpaired) electrons. The second kappa shape index (κ2) is 12.3. The van der Waals surface area contributed by atoms with Crippen molar-refractivity contribution in [2.75, 3.05) is 52.5 Å². The SMILES string of the molecule is COCCOCCOCCSC(C)CO. The van der Waals surface area contributed by atoms with Gasteiger partial charge in [0.1, 0.15) is 0 Å². The Morgan fingerprint density at radius 1 is 1.07 bits per heavy atom. The maximum absolute atomic E-state index is 8.76. The number of hydrogen-bond acceptors (Lipinski definition) is 5. The van der Waals surface area contributed by atoms with Crippen molar-refractivity contribution in [2.24, 2.45) is 0 Å². The van der Waals surface area contributed by atoms with E-state index in [1.165, 1.54) is 0 Å². The molecule has 15 heavy (non-hydrogen) atoms. The first-order chi connectivity index (χ1) is 7.31. The third kappa shape index (κ3) is 12.1. The van der Waals surface area contributed by atoms with Crippen LogP contribution in [0.2, 0.25) is 0 Å². The molecule has 0 aliphatic carbocycles. The van der Waals surface area contributed by atoms with Gasteiger partial charge in [0, 0.05) is 18.1 Å². The molecule has 0 saturated heterocycles. The van der Waals surface area contributed by atoms with Gasteiger partial charge in [-0.15, -0.1) is 0 Å². The Kier molecular flexibility index (Phi) is 12.4. The molecular weight excluding hydrogens is 216 g/mol. The number of aliphatic hydroxyl groups is 1. The molecule has 0 bridgehead atoms. The van der Waals surface area contributed by atoms with Gasteiger partial charge in [0.25, 0.3) is 0 Å². The minimum absolute atomic E-state index is 0.227. The number of methoxy groups -OCH3 is 1. The highest BCUT2D eigenvalue weighted by molar-refractivity contribution is 7.99. The Morgan fingerprint density at radius 3 is 2.27 bits per heavy atom. The summed E-state index contributed by atoms with van der Waals surface area (Å²) in [5, 5.41) is 9.06. The van der Waals surface area contributed by atoms with E-state index in [4.69, 9.17) is 19.3 Å². The minimum atomic E-state index is 0.227. The highest BCUT2D eigenvalue weighted by atomic mass is 32.2. The van der Waals surface area contributed by atoms with Crippen LogP contribution in [0.4, 0.5) is 0 Å². The summed E-state index contributed by atoms with van der Waals surface area (Å²) in [6.45, 7) is 5.42. The van der Waals surface area contributed by atoms with Crippen LogP contribution in [0.15, 0.2) is 0 Å². The van der Waals surface area contributed by atoms with E-state index in [0.29, 0.717) is 38.3 Å². The zero-order valence-electron chi connectivity index (χ0n) is 9.61. The molecule has 1 unspecified atom stereocenters. The molecule has 0 aromatic rings. The van der Waals surface area contributed by atoms with Gasteiger partial charge in [-0.1, -0.05) is 6.92 Å². The lowest BCUT2D eigenvalue weighted by Crippen LogP contribution is -2.11. The van der Waals surface area contributed by atoms with E-state index >= 15 is 0 Å². The van der Waals surface area contributed by atoms with E-state index in [-0.39, 0.29) is 6.61 Å². The molecule has 0 fully saturated rings. The third-order valence-electron chi connectivity index (χ3n) is 1.69. The quantitative estimate of drug-likeness (QED) is 0.539. The monoisotopic (exact) mass is 238 g/mol. The molecule has 0 aliphatic rings. The van der Waals surface area contributed by atoms with Crippen LogP contribution >= 0.6 is 11.8 Å². The van der Waals surface area contributed by atoms with Gasteiger partial charge in [-0.3, -0.25) is 0 Å². The zero-order valence-corrected chi connectivity index (χ0v) is 10.4. The summed E-state index contributed by atoms with van der Waals surface area (Å²) < 4.78 is 15.4. The number of thioether (sulfide) groups is 1. The van der Waals surface area contributed by atoms with Crippen molar-refractivity contribution in [1.82, 2.24) is 0 Å². The van der Waals surface area contributed by atoms with Gasteiger partial charge in [0.05, 0.1) is 39.6 Å². The molecule has 0 saturated carbocycles. The van der Waals surface area contributed by atoms with Crippen molar-refractivity contribution in [3.63, 3.8) is 0 Å². The largest absolute Gasteiger partial charge is 0.395 e. The number of rotatable bonds is 11. The lowest BCUT2D eigenvalue weighted by molar-refractivity contribution is 0.0286. The Hall–Kier alpha value is 0.190. The number of hydrogen-bond donors (Lipinski definition) is 1. The van der Waals surface area contributed by atoms with Crippen LogP contribution in [-0.4, -0.2) is 62.9 Å². The lowest BCUT2D eigenvalue weighted by atomic mass is 10.5. The van der Waals surface area contributed by atoms with Gasteiger partial charge in [-0.25, -0.2) is 0 Å². The standard InChI is InChI=1S/C10H22O4S/c1-10(9-11)15-8-7-14-6-5-13-4-3-12-2/h10-11H,3-9H2,1-2H3. The van der Waals surface area contributed by atoms with E-state index in [2.05, 4.69) is 0 Å². The number of aliphatic hydroxyl groups excluding tert-OH is 1. The Labute approximate surface area is 96.3 Å². The maximum atomic E-state index is 8.76. The van der Waals surface area contributed by atoms with Gasteiger partial charge in [-0.05, 0) is 0 Å². The van der Waals surface area contributed by atoms with Crippen LogP contribution in [-0.2, 0) is 14.2 Å². The van der Waals surface area contributed by atoms with Crippen LogP contribution in [0.1, 0.15) is 6.92 Å². The topological polar surface area (TPSA) is 47.9 Å². The molecule has 4 nitrogen and oxygen atoms in total. The zero-order chi connectivity index (χ0) is 11.4. The molecule has 0 heterocycles. The van der Waals surface area contributed by atoms with Gasteiger partial charge >= 0.3 is 0 Å². The number of ether oxygens (including phenoxy) is 3. The molecule has 92 valence electrons. The molecule has 0 aromatic carbocycles. The van der Waals surface area contributed by atoms with Crippen LogP contribution in [0.5, 0.6) is 0 Å². The fourth-order valence-corrected chi connectivity index (χ4v) is 1.55. The van der Waals surface area contributed by atoms with E-state index in [1.54, 1.807) is 18.9 Å². The predicted molar refractivity (Wildman–Crippen MR) is 62.5 cm³/mol. The van der Waals surface area contributed by atoms with Crippen LogP contribution in [0.25, 0.3) is 0 Å². The fourth-order valence-electron chi connectivity index (χ4n) is 0.825. The van der Waals surface area contributed by atoms with Crippen LogP contribution in [0, 0.1) is 0 Å². The van der Waals surface area contributed by atoms with Crippen molar-refractivity contribution < 1.29 is 19.3 Å². The smallest absolute Gasteiger partial charge is 0.0701 e. The summed E-state index contributed by atoms with van der Waals surface area (Å²) in [5.41, 5.74) is 0. The Balaban J connectivity index is 2.92. The van der Waals surface area contributed by atoms with Gasteiger partial charge < -0.3 is 19.3 Å². The average Bonchev–Trinajstić information content (AvgIpc) is 2.26. The van der Waals surface area contributed by atoms with Crippen molar-refractivity contribution in [2.45, 2.75) is 12.2 Å². The van der Waals surface area contributed by atoms with Gasteiger partial charge in [-0.2, -0.15) is 11.8 Å². The molecule has 0 aliphatic heterocycles. The summed E-state index contributed by atoms with van der Waals surface area (Å²) >= 11 is 1.71. The van der Waals surface area contributed by atoms with E-state index in [1.807, 2.05) is 6.92 Å². The predicted octanol–water partition coefficient (Wildman–Crippen LogP) is 0.780. The molecule has 0 aromatic heterocycles. The summed E-state index contributed by atoms with van der Waals surface area (Å²) in [5.74, 6) is 0.916. The molecule has 5 heteroatoms. The summed E-state index contributed by atoms with van der Waals surface area (Å²) in [6.07, 6.45) is 0.